The van der Waals surface area contributed by atoms with Crippen LogP contribution in [0.15, 0.2) is 34.7 Å². The van der Waals surface area contributed by atoms with Crippen molar-refractivity contribution in [1.82, 2.24) is 4.72 Å². The molecule has 0 radical (unpaired) electrons. The number of nitrogens with zero attached hydrogens (tertiary/aromatic N) is 1. The van der Waals surface area contributed by atoms with Crippen LogP contribution in [0.5, 0.6) is 0 Å². The Morgan fingerprint density at radius 3 is 2.24 bits per heavy atom. The van der Waals surface area contributed by atoms with Gasteiger partial charge < -0.3 is 13.3 Å². The highest BCUT2D eigenvalue weighted by atomic mass is 35.5. The van der Waals surface area contributed by atoms with Crippen LogP contribution in [-0.2, 0) is 24.6 Å². The first-order valence-corrected chi connectivity index (χ1v) is 7.94. The molecule has 0 fully saturated rings. The van der Waals surface area contributed by atoms with Crippen molar-refractivity contribution in [2.75, 3.05) is 0 Å². The quantitative estimate of drug-likeness (QED) is 0.858. The van der Waals surface area contributed by atoms with E-state index in [1.165, 1.54) is 6.92 Å². The van der Waals surface area contributed by atoms with Gasteiger partial charge in [0.15, 0.2) is 0 Å². The number of carbonyl (C=O) groups is 2. The topological polar surface area (TPSA) is 75.6 Å². The molecule has 0 heterocycles. The molecule has 0 atom stereocenters. The van der Waals surface area contributed by atoms with E-state index in [4.69, 9.17) is 11.6 Å². The average molecular weight is 332 g/mol. The van der Waals surface area contributed by atoms with E-state index < -0.39 is 22.6 Å². The van der Waals surface area contributed by atoms with Gasteiger partial charge in [-0.3, -0.25) is 9.59 Å². The van der Waals surface area contributed by atoms with Gasteiger partial charge in [0.05, 0.1) is 0 Å². The molecule has 0 aromatic heterocycles. The Morgan fingerprint density at radius 1 is 1.29 bits per heavy atom. The fraction of sp³-hybridized carbons (Fsp3) is 0.429. The second-order valence-electron chi connectivity index (χ2n) is 4.62. The van der Waals surface area contributed by atoms with E-state index in [1.54, 1.807) is 0 Å². The fourth-order valence-electron chi connectivity index (χ4n) is 1.11. The SMILES string of the molecule is CC(=O)N[S-](=O)=NC(=O)CCC(C)C.Clc1ccccc1. The van der Waals surface area contributed by atoms with Crippen LogP contribution in [0.1, 0.15) is 33.6 Å². The lowest BCUT2D eigenvalue weighted by molar-refractivity contribution is -0.118. The lowest BCUT2D eigenvalue weighted by atomic mass is 10.1. The number of hydrogen-bond donors (Lipinski definition) is 1. The van der Waals surface area contributed by atoms with Gasteiger partial charge in [0.2, 0.25) is 11.8 Å². The van der Waals surface area contributed by atoms with Gasteiger partial charge in [0.25, 0.3) is 0 Å². The van der Waals surface area contributed by atoms with Gasteiger partial charge in [-0.2, -0.15) is 0 Å². The van der Waals surface area contributed by atoms with Gasteiger partial charge in [-0.15, -0.1) is 0 Å². The Bertz CT molecular complexity index is 526. The molecule has 118 valence electrons. The summed E-state index contributed by atoms with van der Waals surface area (Å²) >= 11 is 5.54. The van der Waals surface area contributed by atoms with Crippen LogP contribution in [0.2, 0.25) is 5.02 Å². The van der Waals surface area contributed by atoms with Gasteiger partial charge in [0, 0.05) is 18.4 Å². The summed E-state index contributed by atoms with van der Waals surface area (Å²) in [7, 11) is -1.92. The normalized spacial score (nSPS) is 11.5. The van der Waals surface area contributed by atoms with E-state index in [0.717, 1.165) is 5.02 Å². The number of hydrogen-bond acceptors (Lipinski definition) is 4. The number of halogens is 1. The average Bonchev–Trinajstić information content (AvgIpc) is 2.37. The standard InChI is InChI=1S/C8H15N2O3S.C6H5Cl/c1-6(2)4-5-8(12)10-14(13)9-7(3)11;7-6-4-2-1-3-5-6/h6H,4-5H2,1-3H3,(H,9,10,11,12,13);1-5H/q-1;. The number of benzene rings is 1. The molecule has 1 aromatic carbocycles. The van der Waals surface area contributed by atoms with Crippen LogP contribution in [0, 0.1) is 5.92 Å². The van der Waals surface area contributed by atoms with Gasteiger partial charge >= 0.3 is 0 Å². The number of amides is 2. The lowest BCUT2D eigenvalue weighted by Gasteiger charge is -2.05. The van der Waals surface area contributed by atoms with Crippen LogP contribution in [0.3, 0.4) is 0 Å². The molecule has 1 N–H and O–H groups in total. The summed E-state index contributed by atoms with van der Waals surface area (Å²) in [4.78, 5) is 21.5. The second-order valence-corrected chi connectivity index (χ2v) is 5.94. The largest absolute Gasteiger partial charge is 0.424 e. The molecule has 0 spiro atoms. The van der Waals surface area contributed by atoms with Crippen LogP contribution in [0.4, 0.5) is 0 Å². The van der Waals surface area contributed by atoms with E-state index in [2.05, 4.69) is 4.36 Å². The third kappa shape index (κ3) is 13.3. The van der Waals surface area contributed by atoms with E-state index in [1.807, 2.05) is 48.9 Å². The van der Waals surface area contributed by atoms with E-state index >= 15 is 0 Å². The van der Waals surface area contributed by atoms with Crippen molar-refractivity contribution in [3.8, 4) is 0 Å². The zero-order chi connectivity index (χ0) is 16.3. The Hall–Kier alpha value is -1.40. The predicted octanol–water partition coefficient (Wildman–Crippen LogP) is 3.49. The van der Waals surface area contributed by atoms with Crippen LogP contribution in [-0.4, -0.2) is 11.8 Å². The molecule has 2 amide bonds. The van der Waals surface area contributed by atoms with Crippen molar-refractivity contribution in [3.63, 3.8) is 0 Å². The second kappa shape index (κ2) is 11.3. The van der Waals surface area contributed by atoms with Crippen molar-refractivity contribution in [2.24, 2.45) is 10.3 Å². The summed E-state index contributed by atoms with van der Waals surface area (Å²) in [5, 5.41) is 0.794. The molecule has 0 aliphatic heterocycles. The minimum atomic E-state index is -1.92. The maximum atomic E-state index is 11.0. The first-order valence-electron chi connectivity index (χ1n) is 6.45. The molecule has 0 saturated carbocycles. The fourth-order valence-corrected chi connectivity index (χ4v) is 1.82. The van der Waals surface area contributed by atoms with E-state index in [0.29, 0.717) is 12.3 Å². The Kier molecular flexibility index (Phi) is 10.5. The van der Waals surface area contributed by atoms with Crippen molar-refractivity contribution in [3.05, 3.63) is 35.4 Å². The Balaban J connectivity index is 0.000000471. The highest BCUT2D eigenvalue weighted by molar-refractivity contribution is 7.73. The van der Waals surface area contributed by atoms with Gasteiger partial charge in [0.1, 0.15) is 0 Å². The highest BCUT2D eigenvalue weighted by Crippen LogP contribution is 2.04. The van der Waals surface area contributed by atoms with Crippen molar-refractivity contribution in [1.29, 1.82) is 0 Å². The van der Waals surface area contributed by atoms with Gasteiger partial charge in [-0.1, -0.05) is 54.4 Å². The summed E-state index contributed by atoms with van der Waals surface area (Å²) < 4.78 is 16.2. The number of nitrogens with one attached hydrogen (secondary N) is 1. The van der Waals surface area contributed by atoms with Crippen LogP contribution < -0.4 is 4.72 Å². The molecular formula is C14H20ClN2O3S-. The van der Waals surface area contributed by atoms with Crippen molar-refractivity contribution < 1.29 is 13.8 Å². The zero-order valence-corrected chi connectivity index (χ0v) is 13.9. The summed E-state index contributed by atoms with van der Waals surface area (Å²) in [5.41, 5.74) is 0. The molecular weight excluding hydrogens is 312 g/mol. The Labute approximate surface area is 132 Å². The van der Waals surface area contributed by atoms with Crippen molar-refractivity contribution in [2.45, 2.75) is 33.6 Å². The van der Waals surface area contributed by atoms with Crippen LogP contribution >= 0.6 is 11.6 Å². The lowest BCUT2D eigenvalue weighted by Crippen LogP contribution is -2.17. The molecule has 0 bridgehead atoms. The highest BCUT2D eigenvalue weighted by Gasteiger charge is 1.98. The molecule has 0 aliphatic carbocycles. The van der Waals surface area contributed by atoms with E-state index in [9.17, 15) is 13.8 Å². The Morgan fingerprint density at radius 2 is 1.86 bits per heavy atom. The maximum Gasteiger partial charge on any atom is 0.224 e. The molecule has 21 heavy (non-hydrogen) atoms. The first-order chi connectivity index (χ1) is 9.81. The molecule has 0 saturated heterocycles. The van der Waals surface area contributed by atoms with Gasteiger partial charge in [-0.05, 0) is 24.5 Å². The molecule has 0 unspecified atom stereocenters. The minimum absolute atomic E-state index is 0.267. The molecule has 1 rings (SSSR count). The molecule has 1 aromatic rings. The zero-order valence-electron chi connectivity index (χ0n) is 12.3. The molecule has 7 heteroatoms. The third-order valence-corrected chi connectivity index (χ3v) is 3.17. The number of carbonyl (C=O) groups excluding carboxylic acids is 2. The third-order valence-electron chi connectivity index (χ3n) is 2.08. The van der Waals surface area contributed by atoms with Crippen LogP contribution in [0.25, 0.3) is 0 Å². The first kappa shape index (κ1) is 19.6. The monoisotopic (exact) mass is 331 g/mol. The summed E-state index contributed by atoms with van der Waals surface area (Å²) in [6, 6.07) is 9.44. The smallest absolute Gasteiger partial charge is 0.224 e. The van der Waals surface area contributed by atoms with Gasteiger partial charge in [-0.25, -0.2) is 0 Å². The summed E-state index contributed by atoms with van der Waals surface area (Å²) in [5.74, 6) is -0.502. The maximum absolute atomic E-state index is 11.0. The van der Waals surface area contributed by atoms with E-state index in [-0.39, 0.29) is 6.42 Å². The number of rotatable bonds is 4. The summed E-state index contributed by atoms with van der Waals surface area (Å²) in [6.45, 7) is 5.18. The van der Waals surface area contributed by atoms with Crippen molar-refractivity contribution >= 4 is 34.2 Å². The summed E-state index contributed by atoms with van der Waals surface area (Å²) in [6.07, 6.45) is 0.975. The molecule has 0 aliphatic rings. The minimum Gasteiger partial charge on any atom is -0.424 e. The predicted molar refractivity (Wildman–Crippen MR) is 84.8 cm³/mol. The molecule has 5 nitrogen and oxygen atoms in total.